The molecule has 0 radical (unpaired) electrons. The number of sulfonamides is 1. The molecular weight excluding hydrogens is 396 g/mol. The number of aryl methyl sites for hydroxylation is 2. The normalized spacial score (nSPS) is 18.0. The van der Waals surface area contributed by atoms with Crippen molar-refractivity contribution in [3.05, 3.63) is 58.6 Å². The molecule has 2 aromatic rings. The number of amides is 1. The highest BCUT2D eigenvalue weighted by molar-refractivity contribution is 7.89. The minimum atomic E-state index is -3.63. The lowest BCUT2D eigenvalue weighted by Crippen LogP contribution is -2.45. The summed E-state index contributed by atoms with van der Waals surface area (Å²) in [5, 5.41) is 3.41. The minimum Gasteiger partial charge on any atom is -0.326 e. The average Bonchev–Trinajstić information content (AvgIpc) is 2.65. The Morgan fingerprint density at radius 2 is 1.86 bits per heavy atom. The molecule has 150 valence electrons. The van der Waals surface area contributed by atoms with Gasteiger partial charge in [-0.3, -0.25) is 4.79 Å². The summed E-state index contributed by atoms with van der Waals surface area (Å²) in [6.45, 7) is 4.25. The molecule has 1 saturated heterocycles. The Hall–Kier alpha value is -1.89. The third kappa shape index (κ3) is 4.74. The summed E-state index contributed by atoms with van der Waals surface area (Å²) in [4.78, 5) is 12.8. The van der Waals surface area contributed by atoms with Gasteiger partial charge < -0.3 is 5.32 Å². The average molecular weight is 421 g/mol. The Kier molecular flexibility index (Phi) is 6.43. The Bertz CT molecular complexity index is 958. The first kappa shape index (κ1) is 20.8. The molecule has 0 aromatic heterocycles. The van der Waals surface area contributed by atoms with Gasteiger partial charge in [-0.15, -0.1) is 0 Å². The van der Waals surface area contributed by atoms with Crippen LogP contribution in [0.2, 0.25) is 5.02 Å². The maximum absolute atomic E-state index is 13.1. The van der Waals surface area contributed by atoms with Gasteiger partial charge in [0.15, 0.2) is 0 Å². The molecule has 0 saturated carbocycles. The van der Waals surface area contributed by atoms with Crippen molar-refractivity contribution in [3.8, 4) is 0 Å². The van der Waals surface area contributed by atoms with E-state index in [2.05, 4.69) is 5.32 Å². The van der Waals surface area contributed by atoms with Crippen LogP contribution in [-0.2, 0) is 14.8 Å². The number of halogens is 1. The van der Waals surface area contributed by atoms with Crippen molar-refractivity contribution in [3.63, 3.8) is 0 Å². The molecule has 1 amide bonds. The van der Waals surface area contributed by atoms with Crippen LogP contribution in [0.5, 0.6) is 0 Å². The molecule has 0 spiro atoms. The standard InChI is InChI=1S/C21H25ClN2O3S/c1-15-6-10-19(11-7-15)28(26,27)24-12-4-3-5-18(24)14-21(25)23-17-9-8-16(2)20(22)13-17/h6-11,13,18H,3-5,12,14H2,1-2H3,(H,23,25)/t18-/m1/s1. The number of rotatable bonds is 5. The Balaban J connectivity index is 1.74. The van der Waals surface area contributed by atoms with Crippen LogP contribution in [-0.4, -0.2) is 31.2 Å². The van der Waals surface area contributed by atoms with E-state index in [0.29, 0.717) is 23.7 Å². The van der Waals surface area contributed by atoms with E-state index in [4.69, 9.17) is 11.6 Å². The fourth-order valence-corrected chi connectivity index (χ4v) is 5.31. The summed E-state index contributed by atoms with van der Waals surface area (Å²) in [6.07, 6.45) is 2.51. The number of piperidine rings is 1. The minimum absolute atomic E-state index is 0.122. The SMILES string of the molecule is Cc1ccc(S(=O)(=O)N2CCCC[C@@H]2CC(=O)Nc2ccc(C)c(Cl)c2)cc1. The van der Waals surface area contributed by atoms with Crippen molar-refractivity contribution >= 4 is 33.2 Å². The van der Waals surface area contributed by atoms with Crippen molar-refractivity contribution < 1.29 is 13.2 Å². The van der Waals surface area contributed by atoms with Crippen LogP contribution in [0, 0.1) is 13.8 Å². The zero-order valence-electron chi connectivity index (χ0n) is 16.1. The number of benzene rings is 2. The number of hydrogen-bond donors (Lipinski definition) is 1. The highest BCUT2D eigenvalue weighted by atomic mass is 35.5. The van der Waals surface area contributed by atoms with Crippen LogP contribution in [0.1, 0.15) is 36.8 Å². The summed E-state index contributed by atoms with van der Waals surface area (Å²) in [5.74, 6) is -0.212. The fourth-order valence-electron chi connectivity index (χ4n) is 3.44. The number of carbonyl (C=O) groups excluding carboxylic acids is 1. The van der Waals surface area contributed by atoms with E-state index in [9.17, 15) is 13.2 Å². The summed E-state index contributed by atoms with van der Waals surface area (Å²) < 4.78 is 27.7. The molecule has 0 aliphatic carbocycles. The first-order chi connectivity index (χ1) is 13.3. The molecular formula is C21H25ClN2O3S. The van der Waals surface area contributed by atoms with E-state index in [0.717, 1.165) is 24.0 Å². The molecule has 1 aliphatic heterocycles. The van der Waals surface area contributed by atoms with Crippen molar-refractivity contribution in [2.24, 2.45) is 0 Å². The van der Waals surface area contributed by atoms with Gasteiger partial charge in [-0.2, -0.15) is 4.31 Å². The second kappa shape index (κ2) is 8.64. The highest BCUT2D eigenvalue weighted by Gasteiger charge is 2.34. The van der Waals surface area contributed by atoms with Crippen LogP contribution >= 0.6 is 11.6 Å². The highest BCUT2D eigenvalue weighted by Crippen LogP contribution is 2.28. The lowest BCUT2D eigenvalue weighted by Gasteiger charge is -2.34. The van der Waals surface area contributed by atoms with Gasteiger partial charge in [0.2, 0.25) is 15.9 Å². The van der Waals surface area contributed by atoms with E-state index in [1.165, 1.54) is 4.31 Å². The third-order valence-corrected chi connectivity index (χ3v) is 7.45. The zero-order chi connectivity index (χ0) is 20.3. The summed E-state index contributed by atoms with van der Waals surface area (Å²) in [7, 11) is -3.63. The van der Waals surface area contributed by atoms with E-state index in [1.807, 2.05) is 19.9 Å². The number of nitrogens with one attached hydrogen (secondary N) is 1. The van der Waals surface area contributed by atoms with Gasteiger partial charge in [0.1, 0.15) is 0 Å². The zero-order valence-corrected chi connectivity index (χ0v) is 17.7. The molecule has 1 heterocycles. The third-order valence-electron chi connectivity index (χ3n) is 5.08. The predicted molar refractivity (Wildman–Crippen MR) is 112 cm³/mol. The monoisotopic (exact) mass is 420 g/mol. The van der Waals surface area contributed by atoms with E-state index in [1.54, 1.807) is 36.4 Å². The Morgan fingerprint density at radius 3 is 2.54 bits per heavy atom. The largest absolute Gasteiger partial charge is 0.326 e. The lowest BCUT2D eigenvalue weighted by atomic mass is 10.0. The van der Waals surface area contributed by atoms with Gasteiger partial charge in [-0.25, -0.2) is 8.42 Å². The first-order valence-corrected chi connectivity index (χ1v) is 11.2. The van der Waals surface area contributed by atoms with Gasteiger partial charge >= 0.3 is 0 Å². The molecule has 1 atom stereocenters. The van der Waals surface area contributed by atoms with Crippen LogP contribution in [0.4, 0.5) is 5.69 Å². The second-order valence-electron chi connectivity index (χ2n) is 7.29. The maximum atomic E-state index is 13.1. The predicted octanol–water partition coefficient (Wildman–Crippen LogP) is 4.53. The lowest BCUT2D eigenvalue weighted by molar-refractivity contribution is -0.117. The smallest absolute Gasteiger partial charge is 0.243 e. The summed E-state index contributed by atoms with van der Waals surface area (Å²) in [6, 6.07) is 11.8. The van der Waals surface area contributed by atoms with Crippen LogP contribution in [0.3, 0.4) is 0 Å². The molecule has 5 nitrogen and oxygen atoms in total. The quantitative estimate of drug-likeness (QED) is 0.772. The van der Waals surface area contributed by atoms with Gasteiger partial charge in [-0.05, 0) is 56.5 Å². The number of anilines is 1. The van der Waals surface area contributed by atoms with Crippen LogP contribution in [0.15, 0.2) is 47.4 Å². The number of hydrogen-bond acceptors (Lipinski definition) is 3. The van der Waals surface area contributed by atoms with Gasteiger partial charge in [-0.1, -0.05) is 41.8 Å². The van der Waals surface area contributed by atoms with E-state index >= 15 is 0 Å². The molecule has 1 fully saturated rings. The van der Waals surface area contributed by atoms with Crippen molar-refractivity contribution in [2.75, 3.05) is 11.9 Å². The molecule has 3 rings (SSSR count). The molecule has 1 aliphatic rings. The molecule has 7 heteroatoms. The fraction of sp³-hybridized carbons (Fsp3) is 0.381. The molecule has 0 unspecified atom stereocenters. The molecule has 28 heavy (non-hydrogen) atoms. The molecule has 0 bridgehead atoms. The number of nitrogens with zero attached hydrogens (tertiary/aromatic N) is 1. The van der Waals surface area contributed by atoms with E-state index in [-0.39, 0.29) is 23.3 Å². The van der Waals surface area contributed by atoms with Crippen molar-refractivity contribution in [1.29, 1.82) is 0 Å². The van der Waals surface area contributed by atoms with Gasteiger partial charge in [0.05, 0.1) is 4.90 Å². The topological polar surface area (TPSA) is 66.5 Å². The van der Waals surface area contributed by atoms with E-state index < -0.39 is 10.0 Å². The summed E-state index contributed by atoms with van der Waals surface area (Å²) >= 11 is 6.11. The van der Waals surface area contributed by atoms with Crippen LogP contribution in [0.25, 0.3) is 0 Å². The van der Waals surface area contributed by atoms with Gasteiger partial charge in [0, 0.05) is 29.7 Å². The van der Waals surface area contributed by atoms with Crippen molar-refractivity contribution in [2.45, 2.75) is 50.5 Å². The molecule has 1 N–H and O–H groups in total. The van der Waals surface area contributed by atoms with Gasteiger partial charge in [0.25, 0.3) is 0 Å². The second-order valence-corrected chi connectivity index (χ2v) is 9.59. The molecule has 2 aromatic carbocycles. The van der Waals surface area contributed by atoms with Crippen molar-refractivity contribution in [1.82, 2.24) is 4.31 Å². The van der Waals surface area contributed by atoms with Crippen LogP contribution < -0.4 is 5.32 Å². The number of carbonyl (C=O) groups is 1. The maximum Gasteiger partial charge on any atom is 0.243 e. The Morgan fingerprint density at radius 1 is 1.14 bits per heavy atom. The first-order valence-electron chi connectivity index (χ1n) is 9.42. The Labute approximate surface area is 171 Å². The summed E-state index contributed by atoms with van der Waals surface area (Å²) in [5.41, 5.74) is 2.55.